The molecule has 52 heavy (non-hydrogen) atoms. The first kappa shape index (κ1) is 39.1. The van der Waals surface area contributed by atoms with Gasteiger partial charge < -0.3 is 49.6 Å². The summed E-state index contributed by atoms with van der Waals surface area (Å²) in [5, 5.41) is 63.6. The van der Waals surface area contributed by atoms with Crippen LogP contribution in [0.3, 0.4) is 0 Å². The van der Waals surface area contributed by atoms with E-state index in [1.165, 1.54) is 5.57 Å². The highest BCUT2D eigenvalue weighted by atomic mass is 16.8. The smallest absolute Gasteiger partial charge is 0.310 e. The van der Waals surface area contributed by atoms with Gasteiger partial charge in [-0.25, -0.2) is 0 Å². The predicted octanol–water partition coefficient (Wildman–Crippen LogP) is 4.55. The Morgan fingerprint density at radius 2 is 1.48 bits per heavy atom. The zero-order chi connectivity index (χ0) is 38.0. The second-order valence-electron chi connectivity index (χ2n) is 20.2. The number of hydrogen-bond donors (Lipinski definition) is 6. The van der Waals surface area contributed by atoms with Crippen molar-refractivity contribution in [1.29, 1.82) is 0 Å². The Morgan fingerprint density at radius 1 is 0.788 bits per heavy atom. The van der Waals surface area contributed by atoms with Crippen LogP contribution in [0.5, 0.6) is 0 Å². The molecule has 17 atom stereocenters. The number of aliphatic hydroxyl groups excluding tert-OH is 5. The van der Waals surface area contributed by atoms with Crippen LogP contribution >= 0.6 is 0 Å². The molecule has 0 spiro atoms. The van der Waals surface area contributed by atoms with E-state index in [2.05, 4.69) is 54.5 Å². The maximum atomic E-state index is 13.0. The second kappa shape index (κ2) is 12.9. The van der Waals surface area contributed by atoms with Crippen molar-refractivity contribution in [2.75, 3.05) is 6.61 Å². The number of fused-ring (bicyclic) bond motifs is 7. The molecule has 0 radical (unpaired) electrons. The van der Waals surface area contributed by atoms with E-state index in [0.717, 1.165) is 64.2 Å². The molecule has 0 unspecified atom stereocenters. The van der Waals surface area contributed by atoms with Crippen LogP contribution in [0, 0.1) is 50.2 Å². The van der Waals surface area contributed by atoms with E-state index in [-0.39, 0.29) is 45.7 Å². The van der Waals surface area contributed by atoms with Gasteiger partial charge in [0.25, 0.3) is 0 Å². The molecular formula is C41H66O11. The minimum atomic E-state index is -1.58. The van der Waals surface area contributed by atoms with Gasteiger partial charge in [-0.15, -0.1) is 0 Å². The molecule has 5 aliphatic carbocycles. The number of carboxylic acids is 1. The van der Waals surface area contributed by atoms with Gasteiger partial charge in [0.05, 0.1) is 24.2 Å². The summed E-state index contributed by atoms with van der Waals surface area (Å²) in [4.78, 5) is 13.0. The minimum absolute atomic E-state index is 0.0146. The summed E-state index contributed by atoms with van der Waals surface area (Å²) in [6.45, 7) is 18.1. The number of aliphatic carboxylic acids is 1. The Balaban J connectivity index is 1.13. The number of allylic oxidation sites excluding steroid dienone is 2. The third-order valence-electron chi connectivity index (χ3n) is 16.8. The molecule has 0 amide bonds. The van der Waals surface area contributed by atoms with Gasteiger partial charge in [-0.2, -0.15) is 0 Å². The van der Waals surface area contributed by atoms with Crippen LogP contribution in [0.4, 0.5) is 0 Å². The molecule has 0 bridgehead atoms. The molecule has 2 saturated heterocycles. The zero-order valence-corrected chi connectivity index (χ0v) is 32.6. The van der Waals surface area contributed by atoms with Gasteiger partial charge in [-0.05, 0) is 116 Å². The van der Waals surface area contributed by atoms with E-state index in [4.69, 9.17) is 18.9 Å². The number of ether oxygens (including phenoxy) is 4. The van der Waals surface area contributed by atoms with Crippen molar-refractivity contribution in [3.05, 3.63) is 11.6 Å². The normalized spacial score (nSPS) is 54.1. The van der Waals surface area contributed by atoms with E-state index in [1.807, 2.05) is 0 Å². The van der Waals surface area contributed by atoms with E-state index < -0.39 is 66.7 Å². The quantitative estimate of drug-likeness (QED) is 0.173. The van der Waals surface area contributed by atoms with Crippen LogP contribution in [0.25, 0.3) is 0 Å². The van der Waals surface area contributed by atoms with E-state index in [9.17, 15) is 35.4 Å². The van der Waals surface area contributed by atoms with Gasteiger partial charge >= 0.3 is 5.97 Å². The van der Waals surface area contributed by atoms with Gasteiger partial charge in [0, 0.05) is 0 Å². The van der Waals surface area contributed by atoms with Gasteiger partial charge in [-0.1, -0.05) is 60.1 Å². The third-order valence-corrected chi connectivity index (χ3v) is 16.8. The highest BCUT2D eigenvalue weighted by Crippen LogP contribution is 2.76. The summed E-state index contributed by atoms with van der Waals surface area (Å²) >= 11 is 0. The van der Waals surface area contributed by atoms with Crippen LogP contribution in [0.15, 0.2) is 11.6 Å². The molecule has 0 aromatic heterocycles. The average Bonchev–Trinajstić information content (AvgIpc) is 3.06. The fourth-order valence-corrected chi connectivity index (χ4v) is 13.3. The maximum absolute atomic E-state index is 13.0. The van der Waals surface area contributed by atoms with Crippen molar-refractivity contribution in [2.24, 2.45) is 50.2 Å². The first-order chi connectivity index (χ1) is 24.1. The first-order valence-corrected chi connectivity index (χ1v) is 20.1. The number of hydrogen-bond acceptors (Lipinski definition) is 10. The maximum Gasteiger partial charge on any atom is 0.310 e. The van der Waals surface area contributed by atoms with Crippen molar-refractivity contribution in [1.82, 2.24) is 0 Å². The molecule has 7 aliphatic rings. The summed E-state index contributed by atoms with van der Waals surface area (Å²) in [5.74, 6) is 0.219. The van der Waals surface area contributed by atoms with Crippen LogP contribution in [0.1, 0.15) is 120 Å². The lowest BCUT2D eigenvalue weighted by Crippen LogP contribution is -2.66. The molecule has 0 aromatic rings. The van der Waals surface area contributed by atoms with Crippen LogP contribution in [0.2, 0.25) is 0 Å². The van der Waals surface area contributed by atoms with Gasteiger partial charge in [0.2, 0.25) is 0 Å². The Kier molecular flexibility index (Phi) is 9.74. The summed E-state index contributed by atoms with van der Waals surface area (Å²) in [7, 11) is 0. The first-order valence-electron chi connectivity index (χ1n) is 20.1. The highest BCUT2D eigenvalue weighted by molar-refractivity contribution is 5.76. The molecule has 7 rings (SSSR count). The fourth-order valence-electron chi connectivity index (χ4n) is 13.3. The lowest BCUT2D eigenvalue weighted by atomic mass is 9.33. The molecule has 2 heterocycles. The lowest BCUT2D eigenvalue weighted by molar-refractivity contribution is -0.364. The van der Waals surface area contributed by atoms with E-state index in [1.54, 1.807) is 6.92 Å². The fraction of sp³-hybridized carbons (Fsp3) is 0.927. The summed E-state index contributed by atoms with van der Waals surface area (Å²) in [6, 6.07) is 0. The van der Waals surface area contributed by atoms with Gasteiger partial charge in [-0.3, -0.25) is 4.79 Å². The number of aliphatic hydroxyl groups is 5. The highest BCUT2D eigenvalue weighted by Gasteiger charge is 2.69. The second-order valence-corrected chi connectivity index (χ2v) is 20.2. The Morgan fingerprint density at radius 3 is 2.17 bits per heavy atom. The number of carbonyl (C=O) groups is 1. The molecule has 6 fully saturated rings. The SMILES string of the molecule is C[C@H]1O[C@H](O[C@@H]2[C@@H](O[C@H]3CC[C@]4(C)[C@H]5CC=C6[C@@H]7CC(C)(C)CC[C@]7(C(=O)O)CC[C@@]6(C)[C@]5(C)CC[C@H]4C3(C)C)OC[C@@H](O)[C@H]2O)[C@@H](O)[C@@H](O)[C@@H]1O. The number of carboxylic acid groups (broad SMARTS) is 1. The molecular weight excluding hydrogens is 668 g/mol. The van der Waals surface area contributed by atoms with Crippen LogP contribution < -0.4 is 0 Å². The van der Waals surface area contributed by atoms with E-state index >= 15 is 0 Å². The number of rotatable bonds is 5. The molecule has 4 saturated carbocycles. The molecule has 11 heteroatoms. The third kappa shape index (κ3) is 5.64. The summed E-state index contributed by atoms with van der Waals surface area (Å²) < 4.78 is 24.5. The molecule has 11 nitrogen and oxygen atoms in total. The molecule has 6 N–H and O–H groups in total. The Bertz CT molecular complexity index is 1410. The van der Waals surface area contributed by atoms with Crippen molar-refractivity contribution in [2.45, 2.75) is 181 Å². The summed E-state index contributed by atoms with van der Waals surface area (Å²) in [5.41, 5.74) is 0.579. The predicted molar refractivity (Wildman–Crippen MR) is 191 cm³/mol. The lowest BCUT2D eigenvalue weighted by Gasteiger charge is -2.71. The molecule has 296 valence electrons. The Labute approximate surface area is 309 Å². The van der Waals surface area contributed by atoms with Crippen molar-refractivity contribution in [3.8, 4) is 0 Å². The average molecular weight is 735 g/mol. The summed E-state index contributed by atoms with van der Waals surface area (Å²) in [6.07, 6.45) is -0.253. The largest absolute Gasteiger partial charge is 0.481 e. The monoisotopic (exact) mass is 734 g/mol. The molecule has 0 aromatic carbocycles. The van der Waals surface area contributed by atoms with Gasteiger partial charge in [0.1, 0.15) is 36.6 Å². The van der Waals surface area contributed by atoms with Crippen molar-refractivity contribution < 1.29 is 54.4 Å². The Hall–Kier alpha value is -1.15. The van der Waals surface area contributed by atoms with E-state index in [0.29, 0.717) is 11.8 Å². The standard InChI is InChI=1S/C41H66O11/c1-21-28(43)30(45)31(46)33(50-21)52-32-29(44)24(42)20-49-34(32)51-27-12-13-38(6)25(37(27,4)5)11-14-40(8)26(38)10-9-22-23-19-36(2,3)15-17-41(23,35(47)48)18-16-39(22,40)7/h9,21,23-34,42-46H,10-20H2,1-8H3,(H,47,48)/t21-,23+,24-,25+,26-,27+,28-,29-,30+,31+,32+,33-,34-,38+,39-,40-,41+/m1/s1. The molecule has 2 aliphatic heterocycles. The van der Waals surface area contributed by atoms with Crippen LogP contribution in [-0.4, -0.2) is 105 Å². The van der Waals surface area contributed by atoms with Crippen LogP contribution in [-0.2, 0) is 23.7 Å². The topological polar surface area (TPSA) is 175 Å². The minimum Gasteiger partial charge on any atom is -0.481 e. The zero-order valence-electron chi connectivity index (χ0n) is 32.6. The van der Waals surface area contributed by atoms with Crippen molar-refractivity contribution in [3.63, 3.8) is 0 Å². The van der Waals surface area contributed by atoms with Crippen molar-refractivity contribution >= 4 is 5.97 Å². The van der Waals surface area contributed by atoms with Gasteiger partial charge in [0.15, 0.2) is 12.6 Å².